The van der Waals surface area contributed by atoms with Crippen LogP contribution < -0.4 is 10.6 Å². The molecule has 4 aromatic carbocycles. The smallest absolute Gasteiger partial charge is 0.256 e. The van der Waals surface area contributed by atoms with Gasteiger partial charge in [-0.3, -0.25) is 14.4 Å². The minimum absolute atomic E-state index is 0.134. The molecule has 180 valence electrons. The maximum atomic E-state index is 13.1. The van der Waals surface area contributed by atoms with Crippen molar-refractivity contribution in [3.8, 4) is 0 Å². The summed E-state index contributed by atoms with van der Waals surface area (Å²) in [5, 5.41) is 5.69. The lowest BCUT2D eigenvalue weighted by atomic mass is 10.1. The van der Waals surface area contributed by atoms with Gasteiger partial charge >= 0.3 is 0 Å². The van der Waals surface area contributed by atoms with Gasteiger partial charge in [0.2, 0.25) is 5.91 Å². The van der Waals surface area contributed by atoms with E-state index >= 15 is 0 Å². The average molecular weight is 478 g/mol. The molecule has 0 aromatic heterocycles. The fourth-order valence-electron chi connectivity index (χ4n) is 3.80. The van der Waals surface area contributed by atoms with Crippen molar-refractivity contribution in [2.24, 2.45) is 0 Å². The zero-order valence-electron chi connectivity index (χ0n) is 20.0. The third-order valence-electron chi connectivity index (χ3n) is 5.65. The Morgan fingerprint density at radius 3 is 1.92 bits per heavy atom. The molecule has 0 spiro atoms. The minimum atomic E-state index is -0.344. The summed E-state index contributed by atoms with van der Waals surface area (Å²) in [6, 6.07) is 32.8. The molecule has 3 amide bonds. The molecule has 0 bridgehead atoms. The first-order chi connectivity index (χ1) is 17.5. The number of carbonyl (C=O) groups excluding carboxylic acids is 3. The van der Waals surface area contributed by atoms with E-state index in [1.165, 1.54) is 0 Å². The Bertz CT molecular complexity index is 1340. The van der Waals surface area contributed by atoms with Crippen LogP contribution in [-0.2, 0) is 17.8 Å². The number of anilines is 2. The molecule has 0 saturated heterocycles. The Morgan fingerprint density at radius 1 is 0.667 bits per heavy atom. The van der Waals surface area contributed by atoms with E-state index in [0.717, 1.165) is 11.1 Å². The van der Waals surface area contributed by atoms with Crippen LogP contribution in [0, 0.1) is 0 Å². The molecular formula is C30H27N3O3. The number of nitrogens with zero attached hydrogens (tertiary/aromatic N) is 1. The average Bonchev–Trinajstić information content (AvgIpc) is 2.90. The highest BCUT2D eigenvalue weighted by Crippen LogP contribution is 2.20. The topological polar surface area (TPSA) is 78.5 Å². The SMILES string of the molecule is CN(Cc1ccccc1)C(=O)c1ccccc1NC(=O)c1ccc(NC(=O)Cc2ccccc2)cc1. The second-order valence-corrected chi connectivity index (χ2v) is 8.43. The highest BCUT2D eigenvalue weighted by molar-refractivity contribution is 6.09. The van der Waals surface area contributed by atoms with E-state index in [9.17, 15) is 14.4 Å². The van der Waals surface area contributed by atoms with Crippen LogP contribution in [0.3, 0.4) is 0 Å². The van der Waals surface area contributed by atoms with Gasteiger partial charge in [0.05, 0.1) is 17.7 Å². The Labute approximate surface area is 210 Å². The van der Waals surface area contributed by atoms with E-state index in [1.807, 2.05) is 60.7 Å². The van der Waals surface area contributed by atoms with Crippen LogP contribution in [0.25, 0.3) is 0 Å². The third-order valence-corrected chi connectivity index (χ3v) is 5.65. The largest absolute Gasteiger partial charge is 0.337 e. The molecule has 0 aliphatic heterocycles. The van der Waals surface area contributed by atoms with Crippen molar-refractivity contribution < 1.29 is 14.4 Å². The second-order valence-electron chi connectivity index (χ2n) is 8.43. The third kappa shape index (κ3) is 6.45. The molecule has 0 saturated carbocycles. The van der Waals surface area contributed by atoms with Crippen LogP contribution in [0.4, 0.5) is 11.4 Å². The molecule has 0 atom stereocenters. The fraction of sp³-hybridized carbons (Fsp3) is 0.100. The number of hydrogen-bond acceptors (Lipinski definition) is 3. The molecule has 4 rings (SSSR count). The summed E-state index contributed by atoms with van der Waals surface area (Å²) in [4.78, 5) is 39.9. The number of para-hydroxylation sites is 1. The van der Waals surface area contributed by atoms with Crippen LogP contribution >= 0.6 is 0 Å². The maximum absolute atomic E-state index is 13.1. The van der Waals surface area contributed by atoms with Gasteiger partial charge in [-0.1, -0.05) is 72.8 Å². The van der Waals surface area contributed by atoms with Crippen molar-refractivity contribution in [3.63, 3.8) is 0 Å². The Hall–Kier alpha value is -4.71. The predicted molar refractivity (Wildman–Crippen MR) is 142 cm³/mol. The van der Waals surface area contributed by atoms with Crippen molar-refractivity contribution in [2.45, 2.75) is 13.0 Å². The number of rotatable bonds is 8. The highest BCUT2D eigenvalue weighted by atomic mass is 16.2. The lowest BCUT2D eigenvalue weighted by Crippen LogP contribution is -2.27. The molecule has 6 nitrogen and oxygen atoms in total. The monoisotopic (exact) mass is 477 g/mol. The number of hydrogen-bond donors (Lipinski definition) is 2. The van der Waals surface area contributed by atoms with E-state index in [-0.39, 0.29) is 24.1 Å². The molecule has 0 unspecified atom stereocenters. The summed E-state index contributed by atoms with van der Waals surface area (Å²) in [6.07, 6.45) is 0.270. The van der Waals surface area contributed by atoms with Crippen molar-refractivity contribution in [2.75, 3.05) is 17.7 Å². The van der Waals surface area contributed by atoms with Gasteiger partial charge in [-0.05, 0) is 47.5 Å². The molecule has 6 heteroatoms. The number of amides is 3. The standard InChI is InChI=1S/C30H27N3O3/c1-33(21-23-12-6-3-7-13-23)30(36)26-14-8-9-15-27(26)32-29(35)24-16-18-25(19-17-24)31-28(34)20-22-10-4-2-5-11-22/h2-19H,20-21H2,1H3,(H,31,34)(H,32,35). The van der Waals surface area contributed by atoms with Crippen molar-refractivity contribution in [1.82, 2.24) is 4.90 Å². The first-order valence-corrected chi connectivity index (χ1v) is 11.6. The van der Waals surface area contributed by atoms with Gasteiger partial charge in [-0.2, -0.15) is 0 Å². The molecular weight excluding hydrogens is 450 g/mol. The van der Waals surface area contributed by atoms with Crippen LogP contribution in [0.2, 0.25) is 0 Å². The summed E-state index contributed by atoms with van der Waals surface area (Å²) < 4.78 is 0. The first kappa shape index (κ1) is 24.4. The Balaban J connectivity index is 1.39. The Morgan fingerprint density at radius 2 is 1.25 bits per heavy atom. The summed E-state index contributed by atoms with van der Waals surface area (Å²) in [5.74, 6) is -0.667. The van der Waals surface area contributed by atoms with Gasteiger partial charge in [-0.25, -0.2) is 0 Å². The number of carbonyl (C=O) groups is 3. The van der Waals surface area contributed by atoms with Gasteiger partial charge in [0.25, 0.3) is 11.8 Å². The van der Waals surface area contributed by atoms with Crippen molar-refractivity contribution in [3.05, 3.63) is 131 Å². The van der Waals surface area contributed by atoms with E-state index < -0.39 is 0 Å². The van der Waals surface area contributed by atoms with Gasteiger partial charge in [0, 0.05) is 24.8 Å². The van der Waals surface area contributed by atoms with Gasteiger partial charge in [0.1, 0.15) is 0 Å². The zero-order valence-corrected chi connectivity index (χ0v) is 20.0. The number of benzene rings is 4. The lowest BCUT2D eigenvalue weighted by molar-refractivity contribution is -0.115. The normalized spacial score (nSPS) is 10.4. The zero-order chi connectivity index (χ0) is 25.3. The molecule has 0 heterocycles. The molecule has 2 N–H and O–H groups in total. The predicted octanol–water partition coefficient (Wildman–Crippen LogP) is 5.39. The molecule has 4 aromatic rings. The second kappa shape index (κ2) is 11.6. The fourth-order valence-corrected chi connectivity index (χ4v) is 3.80. The molecule has 0 aliphatic carbocycles. The Kier molecular flexibility index (Phi) is 7.88. The van der Waals surface area contributed by atoms with Gasteiger partial charge in [-0.15, -0.1) is 0 Å². The van der Waals surface area contributed by atoms with Crippen LogP contribution in [-0.4, -0.2) is 29.7 Å². The molecule has 0 aliphatic rings. The summed E-state index contributed by atoms with van der Waals surface area (Å²) in [6.45, 7) is 0.458. The lowest BCUT2D eigenvalue weighted by Gasteiger charge is -2.19. The summed E-state index contributed by atoms with van der Waals surface area (Å²) >= 11 is 0. The quantitative estimate of drug-likeness (QED) is 0.357. The van der Waals surface area contributed by atoms with Crippen molar-refractivity contribution >= 4 is 29.1 Å². The van der Waals surface area contributed by atoms with Gasteiger partial charge in [0.15, 0.2) is 0 Å². The summed E-state index contributed by atoms with van der Waals surface area (Å²) in [5.41, 5.74) is 3.81. The summed E-state index contributed by atoms with van der Waals surface area (Å²) in [7, 11) is 1.73. The molecule has 36 heavy (non-hydrogen) atoms. The van der Waals surface area contributed by atoms with Gasteiger partial charge < -0.3 is 15.5 Å². The van der Waals surface area contributed by atoms with E-state index in [4.69, 9.17) is 0 Å². The van der Waals surface area contributed by atoms with E-state index in [1.54, 1.807) is 60.5 Å². The maximum Gasteiger partial charge on any atom is 0.256 e. The highest BCUT2D eigenvalue weighted by Gasteiger charge is 2.18. The minimum Gasteiger partial charge on any atom is -0.337 e. The molecule has 0 fully saturated rings. The van der Waals surface area contributed by atoms with Crippen LogP contribution in [0.15, 0.2) is 109 Å². The van der Waals surface area contributed by atoms with Crippen LogP contribution in [0.1, 0.15) is 31.8 Å². The van der Waals surface area contributed by atoms with Crippen LogP contribution in [0.5, 0.6) is 0 Å². The first-order valence-electron chi connectivity index (χ1n) is 11.6. The number of nitrogens with one attached hydrogen (secondary N) is 2. The van der Waals surface area contributed by atoms with E-state index in [0.29, 0.717) is 29.0 Å². The van der Waals surface area contributed by atoms with E-state index in [2.05, 4.69) is 10.6 Å². The van der Waals surface area contributed by atoms with Crippen molar-refractivity contribution in [1.29, 1.82) is 0 Å². The molecule has 0 radical (unpaired) electrons.